The van der Waals surface area contributed by atoms with Crippen molar-refractivity contribution < 1.29 is 26.3 Å². The molecule has 26 heavy (non-hydrogen) atoms. The minimum Gasteiger partial charge on any atom is -0.496 e. The van der Waals surface area contributed by atoms with E-state index in [0.717, 1.165) is 12.1 Å². The molecule has 0 bridgehead atoms. The second-order valence-electron chi connectivity index (χ2n) is 5.25. The van der Waals surface area contributed by atoms with Gasteiger partial charge in [0.25, 0.3) is 9.05 Å². The summed E-state index contributed by atoms with van der Waals surface area (Å²) in [6.45, 7) is 0. The Hall–Kier alpha value is -2.39. The SMILES string of the molecule is COc1cc(C(F)(F)F)ccc1-c1ccnc2cc(S(=O)(=O)Cl)ncc12. The second-order valence-corrected chi connectivity index (χ2v) is 7.76. The second kappa shape index (κ2) is 6.40. The Morgan fingerprint density at radius 3 is 2.42 bits per heavy atom. The molecule has 0 saturated carbocycles. The van der Waals surface area contributed by atoms with Crippen LogP contribution < -0.4 is 4.74 Å². The van der Waals surface area contributed by atoms with Crippen LogP contribution in [0.1, 0.15) is 5.56 Å². The van der Waals surface area contributed by atoms with Gasteiger partial charge in [0, 0.05) is 40.1 Å². The fourth-order valence-corrected chi connectivity index (χ4v) is 3.16. The Balaban J connectivity index is 2.23. The lowest BCUT2D eigenvalue weighted by atomic mass is 10.00. The van der Waals surface area contributed by atoms with Gasteiger partial charge in [0.15, 0.2) is 5.03 Å². The van der Waals surface area contributed by atoms with Crippen LogP contribution in [0.15, 0.2) is 47.8 Å². The van der Waals surface area contributed by atoms with Gasteiger partial charge in [-0.2, -0.15) is 13.2 Å². The fraction of sp³-hybridized carbons (Fsp3) is 0.125. The molecule has 0 unspecified atom stereocenters. The van der Waals surface area contributed by atoms with Crippen LogP contribution in [0.2, 0.25) is 0 Å². The van der Waals surface area contributed by atoms with E-state index >= 15 is 0 Å². The molecule has 0 amide bonds. The van der Waals surface area contributed by atoms with Crippen LogP contribution >= 0.6 is 10.7 Å². The molecule has 0 aliphatic rings. The summed E-state index contributed by atoms with van der Waals surface area (Å²) in [4.78, 5) is 7.87. The minimum atomic E-state index is -4.50. The van der Waals surface area contributed by atoms with Crippen LogP contribution in [0.3, 0.4) is 0 Å². The topological polar surface area (TPSA) is 69.2 Å². The van der Waals surface area contributed by atoms with Gasteiger partial charge in [-0.15, -0.1) is 0 Å². The molecule has 0 fully saturated rings. The fourth-order valence-electron chi connectivity index (χ4n) is 2.48. The molecule has 0 atom stereocenters. The maximum atomic E-state index is 12.9. The largest absolute Gasteiger partial charge is 0.496 e. The third-order valence-electron chi connectivity index (χ3n) is 3.67. The molecular weight excluding hydrogens is 393 g/mol. The number of alkyl halides is 3. The summed E-state index contributed by atoms with van der Waals surface area (Å²) >= 11 is 0. The van der Waals surface area contributed by atoms with Crippen molar-refractivity contribution in [2.45, 2.75) is 11.2 Å². The Morgan fingerprint density at radius 1 is 1.08 bits per heavy atom. The van der Waals surface area contributed by atoms with E-state index in [1.165, 1.54) is 31.6 Å². The van der Waals surface area contributed by atoms with E-state index in [9.17, 15) is 21.6 Å². The number of aromatic nitrogens is 2. The summed E-state index contributed by atoms with van der Waals surface area (Å²) in [5, 5.41) is 0.0744. The summed E-state index contributed by atoms with van der Waals surface area (Å²) < 4.78 is 66.6. The molecule has 5 nitrogen and oxygen atoms in total. The van der Waals surface area contributed by atoms with Crippen molar-refractivity contribution in [1.82, 2.24) is 9.97 Å². The summed E-state index contributed by atoms with van der Waals surface area (Å²) in [7, 11) is 2.51. The van der Waals surface area contributed by atoms with Crippen LogP contribution in [0.25, 0.3) is 22.0 Å². The molecule has 1 aromatic carbocycles. The van der Waals surface area contributed by atoms with E-state index in [2.05, 4.69) is 9.97 Å². The van der Waals surface area contributed by atoms with E-state index in [-0.39, 0.29) is 16.3 Å². The molecule has 10 heteroatoms. The number of fused-ring (bicyclic) bond motifs is 1. The zero-order valence-electron chi connectivity index (χ0n) is 13.1. The first-order chi connectivity index (χ1) is 12.1. The molecule has 0 N–H and O–H groups in total. The van der Waals surface area contributed by atoms with Gasteiger partial charge in [-0.25, -0.2) is 13.4 Å². The molecule has 3 aromatic rings. The molecule has 0 saturated heterocycles. The van der Waals surface area contributed by atoms with E-state index in [0.29, 0.717) is 16.5 Å². The maximum Gasteiger partial charge on any atom is 0.416 e. The number of benzene rings is 1. The quantitative estimate of drug-likeness (QED) is 0.612. The highest BCUT2D eigenvalue weighted by Gasteiger charge is 2.31. The van der Waals surface area contributed by atoms with Crippen LogP contribution in [0.4, 0.5) is 13.2 Å². The summed E-state index contributed by atoms with van der Waals surface area (Å²) in [6.07, 6.45) is -1.85. The Morgan fingerprint density at radius 2 is 1.81 bits per heavy atom. The van der Waals surface area contributed by atoms with Gasteiger partial charge in [0.1, 0.15) is 5.75 Å². The Kier molecular flexibility index (Phi) is 4.53. The van der Waals surface area contributed by atoms with Crippen molar-refractivity contribution >= 4 is 30.6 Å². The first-order valence-electron chi connectivity index (χ1n) is 7.06. The molecule has 0 aliphatic heterocycles. The first-order valence-corrected chi connectivity index (χ1v) is 9.37. The van der Waals surface area contributed by atoms with E-state index in [4.69, 9.17) is 15.4 Å². The summed E-state index contributed by atoms with van der Waals surface area (Å²) in [5.74, 6) is 0.0152. The smallest absolute Gasteiger partial charge is 0.416 e. The van der Waals surface area contributed by atoms with E-state index < -0.39 is 20.8 Å². The average molecular weight is 403 g/mol. The van der Waals surface area contributed by atoms with Crippen molar-refractivity contribution in [1.29, 1.82) is 0 Å². The third kappa shape index (κ3) is 3.45. The highest BCUT2D eigenvalue weighted by molar-refractivity contribution is 8.13. The van der Waals surface area contributed by atoms with Gasteiger partial charge in [-0.1, -0.05) is 6.07 Å². The van der Waals surface area contributed by atoms with Crippen LogP contribution in [0, 0.1) is 0 Å². The molecule has 136 valence electrons. The molecule has 3 rings (SSSR count). The number of hydrogen-bond donors (Lipinski definition) is 0. The molecule has 2 aromatic heterocycles. The van der Waals surface area contributed by atoms with Crippen molar-refractivity contribution in [2.75, 3.05) is 7.11 Å². The zero-order valence-corrected chi connectivity index (χ0v) is 14.7. The molecular formula is C16H10ClF3N2O3S. The number of ether oxygens (including phenoxy) is 1. The van der Waals surface area contributed by atoms with Crippen molar-refractivity contribution in [3.05, 3.63) is 48.3 Å². The zero-order chi connectivity index (χ0) is 19.1. The first kappa shape index (κ1) is 18.4. The Labute approximate surface area is 150 Å². The van der Waals surface area contributed by atoms with Crippen molar-refractivity contribution in [2.24, 2.45) is 0 Å². The predicted molar refractivity (Wildman–Crippen MR) is 89.6 cm³/mol. The monoisotopic (exact) mass is 402 g/mol. The van der Waals surface area contributed by atoms with Gasteiger partial charge in [0.2, 0.25) is 0 Å². The lowest BCUT2D eigenvalue weighted by molar-refractivity contribution is -0.137. The standard InChI is InChI=1S/C16H10ClF3N2O3S/c1-25-14-6-9(16(18,19)20)2-3-11(14)10-4-5-21-13-7-15(26(17,23)24)22-8-12(10)13/h2-8H,1H3. The number of nitrogens with zero attached hydrogens (tertiary/aromatic N) is 2. The number of hydrogen-bond acceptors (Lipinski definition) is 5. The van der Waals surface area contributed by atoms with E-state index in [1.807, 2.05) is 0 Å². The lowest BCUT2D eigenvalue weighted by Gasteiger charge is -2.14. The predicted octanol–water partition coefficient (Wildman–Crippen LogP) is 4.25. The summed E-state index contributed by atoms with van der Waals surface area (Å²) in [5.41, 5.74) is 0.312. The van der Waals surface area contributed by atoms with Crippen LogP contribution in [-0.2, 0) is 15.2 Å². The molecule has 0 aliphatic carbocycles. The van der Waals surface area contributed by atoms with Crippen LogP contribution in [-0.4, -0.2) is 25.5 Å². The molecule has 0 spiro atoms. The Bertz CT molecular complexity index is 1100. The number of pyridine rings is 2. The van der Waals surface area contributed by atoms with Gasteiger partial charge in [-0.3, -0.25) is 4.98 Å². The average Bonchev–Trinajstić information content (AvgIpc) is 2.58. The lowest BCUT2D eigenvalue weighted by Crippen LogP contribution is -2.05. The van der Waals surface area contributed by atoms with Crippen molar-refractivity contribution in [3.8, 4) is 16.9 Å². The third-order valence-corrected chi connectivity index (χ3v) is 4.87. The number of halogens is 4. The molecule has 0 radical (unpaired) electrons. The number of methoxy groups -OCH3 is 1. The van der Waals surface area contributed by atoms with E-state index in [1.54, 1.807) is 6.07 Å². The van der Waals surface area contributed by atoms with Crippen molar-refractivity contribution in [3.63, 3.8) is 0 Å². The normalized spacial score (nSPS) is 12.3. The maximum absolute atomic E-state index is 12.9. The highest BCUT2D eigenvalue weighted by atomic mass is 35.7. The van der Waals surface area contributed by atoms with Gasteiger partial charge < -0.3 is 4.74 Å². The van der Waals surface area contributed by atoms with Crippen LogP contribution in [0.5, 0.6) is 5.75 Å². The van der Waals surface area contributed by atoms with Gasteiger partial charge in [-0.05, 0) is 23.8 Å². The minimum absolute atomic E-state index is 0.0152. The van der Waals surface area contributed by atoms with Gasteiger partial charge >= 0.3 is 6.18 Å². The summed E-state index contributed by atoms with van der Waals surface area (Å²) in [6, 6.07) is 5.88. The number of rotatable bonds is 3. The highest BCUT2D eigenvalue weighted by Crippen LogP contribution is 2.39. The molecule has 2 heterocycles. The van der Waals surface area contributed by atoms with Gasteiger partial charge in [0.05, 0.1) is 18.2 Å².